The minimum atomic E-state index is -3.09. The van der Waals surface area contributed by atoms with Gasteiger partial charge in [-0.2, -0.15) is 0 Å². The Labute approximate surface area is 231 Å². The van der Waals surface area contributed by atoms with Gasteiger partial charge in [-0.15, -0.1) is 11.3 Å². The normalized spacial score (nSPS) is 21.8. The second-order valence-electron chi connectivity index (χ2n) is 9.27. The number of carboxylic acid groups (broad SMARTS) is 1. The zero-order valence-corrected chi connectivity index (χ0v) is 22.7. The minimum Gasteiger partial charge on any atom is -0.478 e. The Kier molecular flexibility index (Phi) is 8.77. The molecule has 1 saturated heterocycles. The number of alkyl halides is 2. The highest BCUT2D eigenvalue weighted by Gasteiger charge is 2.41. The Morgan fingerprint density at radius 3 is 2.79 bits per heavy atom. The number of ether oxygens (including phenoxy) is 1. The number of amidine groups is 1. The van der Waals surface area contributed by atoms with E-state index in [2.05, 4.69) is 15.3 Å². The van der Waals surface area contributed by atoms with Crippen molar-refractivity contribution in [3.05, 3.63) is 74.1 Å². The molecule has 0 saturated carbocycles. The number of carbonyl (C=O) groups is 2. The summed E-state index contributed by atoms with van der Waals surface area (Å²) in [6.45, 7) is 2.44. The smallest absolute Gasteiger partial charge is 0.338 e. The summed E-state index contributed by atoms with van der Waals surface area (Å²) in [5, 5.41) is 14.6. The number of rotatable bonds is 8. The molecule has 2 aliphatic rings. The number of aliphatic imine (C=N–C) groups is 1. The maximum atomic E-state index is 14.8. The maximum Gasteiger partial charge on any atom is 0.338 e. The molecule has 2 atom stereocenters. The number of thiazole rings is 1. The first-order valence-corrected chi connectivity index (χ1v) is 13.3. The van der Waals surface area contributed by atoms with Crippen LogP contribution in [0.5, 0.6) is 0 Å². The number of hydrogen-bond donors (Lipinski definition) is 2. The lowest BCUT2D eigenvalue weighted by Gasteiger charge is -2.38. The highest BCUT2D eigenvalue weighted by molar-refractivity contribution is 7.11. The molecule has 8 nitrogen and oxygen atoms in total. The van der Waals surface area contributed by atoms with Crippen LogP contribution in [0.1, 0.15) is 36.9 Å². The number of carbonyl (C=O) groups excluding carboxylic acids is 1. The van der Waals surface area contributed by atoms with E-state index in [0.717, 1.165) is 6.07 Å². The topological polar surface area (TPSA) is 104 Å². The molecule has 2 N–H and O–H groups in total. The van der Waals surface area contributed by atoms with E-state index in [1.54, 1.807) is 18.5 Å². The molecule has 4 rings (SSSR count). The van der Waals surface area contributed by atoms with Crippen molar-refractivity contribution in [3.63, 3.8) is 0 Å². The molecule has 1 unspecified atom stereocenters. The molecule has 3 heterocycles. The SMILES string of the molecule is CCOC(=O)C1=C(CN2CC(/C=C(\C)C(=O)O)CC(F)(F)C2)NC(c2nccs2)=N[C@H]1c1ccc(F)cc1Cl. The molecule has 1 aromatic carbocycles. The van der Waals surface area contributed by atoms with Gasteiger partial charge in [0, 0.05) is 52.9 Å². The maximum absolute atomic E-state index is 14.8. The van der Waals surface area contributed by atoms with Crippen molar-refractivity contribution < 1.29 is 32.6 Å². The Balaban J connectivity index is 1.78. The fourth-order valence-corrected chi connectivity index (χ4v) is 5.54. The van der Waals surface area contributed by atoms with Crippen molar-refractivity contribution >= 4 is 40.7 Å². The van der Waals surface area contributed by atoms with Crippen molar-refractivity contribution in [2.24, 2.45) is 10.9 Å². The van der Waals surface area contributed by atoms with Crippen LogP contribution < -0.4 is 5.32 Å². The number of carboxylic acids is 1. The second kappa shape index (κ2) is 11.9. The molecule has 2 aromatic rings. The van der Waals surface area contributed by atoms with Gasteiger partial charge in [-0.1, -0.05) is 23.7 Å². The molecule has 0 spiro atoms. The van der Waals surface area contributed by atoms with Crippen molar-refractivity contribution in [3.8, 4) is 0 Å². The number of aromatic nitrogens is 1. The van der Waals surface area contributed by atoms with Crippen molar-refractivity contribution in [1.82, 2.24) is 15.2 Å². The third-order valence-corrected chi connectivity index (χ3v) is 7.33. The number of hydrogen-bond acceptors (Lipinski definition) is 8. The lowest BCUT2D eigenvalue weighted by atomic mass is 9.92. The van der Waals surface area contributed by atoms with Gasteiger partial charge in [-0.25, -0.2) is 27.7 Å². The van der Waals surface area contributed by atoms with E-state index in [-0.39, 0.29) is 41.6 Å². The number of likely N-dealkylation sites (tertiary alicyclic amines) is 1. The van der Waals surface area contributed by atoms with Gasteiger partial charge in [0.2, 0.25) is 0 Å². The Hall–Kier alpha value is -3.22. The van der Waals surface area contributed by atoms with Crippen LogP contribution in [0.25, 0.3) is 0 Å². The minimum absolute atomic E-state index is 0.0240. The molecule has 13 heteroatoms. The average molecular weight is 583 g/mol. The number of nitrogens with zero attached hydrogens (tertiary/aromatic N) is 3. The molecule has 1 aromatic heterocycles. The van der Waals surface area contributed by atoms with Crippen LogP contribution in [0.15, 0.2) is 57.7 Å². The fraction of sp³-hybridized carbons (Fsp3) is 0.385. The average Bonchev–Trinajstić information content (AvgIpc) is 3.38. The van der Waals surface area contributed by atoms with Gasteiger partial charge < -0.3 is 15.2 Å². The van der Waals surface area contributed by atoms with E-state index in [4.69, 9.17) is 16.3 Å². The van der Waals surface area contributed by atoms with E-state index >= 15 is 0 Å². The lowest BCUT2D eigenvalue weighted by Crippen LogP contribution is -2.49. The third kappa shape index (κ3) is 6.87. The molecule has 0 radical (unpaired) electrons. The summed E-state index contributed by atoms with van der Waals surface area (Å²) in [6.07, 6.45) is 2.41. The lowest BCUT2D eigenvalue weighted by molar-refractivity contribution is -0.139. The first kappa shape index (κ1) is 28.8. The molecule has 0 aliphatic carbocycles. The number of benzene rings is 1. The molecule has 208 valence electrons. The van der Waals surface area contributed by atoms with Crippen LogP contribution in [0.2, 0.25) is 5.02 Å². The molecule has 39 heavy (non-hydrogen) atoms. The van der Waals surface area contributed by atoms with Crippen LogP contribution in [0.3, 0.4) is 0 Å². The van der Waals surface area contributed by atoms with Crippen molar-refractivity contribution in [1.29, 1.82) is 0 Å². The van der Waals surface area contributed by atoms with Crippen molar-refractivity contribution in [2.75, 3.05) is 26.2 Å². The summed E-state index contributed by atoms with van der Waals surface area (Å²) in [6, 6.07) is 2.68. The summed E-state index contributed by atoms with van der Waals surface area (Å²) >= 11 is 7.65. The predicted molar refractivity (Wildman–Crippen MR) is 140 cm³/mol. The zero-order chi connectivity index (χ0) is 28.3. The van der Waals surface area contributed by atoms with E-state index in [9.17, 15) is 27.9 Å². The summed E-state index contributed by atoms with van der Waals surface area (Å²) in [4.78, 5) is 34.9. The van der Waals surface area contributed by atoms with E-state index in [1.165, 1.54) is 41.4 Å². The first-order valence-electron chi connectivity index (χ1n) is 12.1. The van der Waals surface area contributed by atoms with Crippen LogP contribution in [-0.2, 0) is 14.3 Å². The molecule has 0 bridgehead atoms. The fourth-order valence-electron chi connectivity index (χ4n) is 4.68. The van der Waals surface area contributed by atoms with Crippen molar-refractivity contribution in [2.45, 2.75) is 32.2 Å². The molecule has 1 fully saturated rings. The van der Waals surface area contributed by atoms with Gasteiger partial charge in [0.25, 0.3) is 5.92 Å². The molecule has 0 amide bonds. The predicted octanol–water partition coefficient (Wildman–Crippen LogP) is 4.83. The van der Waals surface area contributed by atoms with Gasteiger partial charge in [0.15, 0.2) is 10.8 Å². The summed E-state index contributed by atoms with van der Waals surface area (Å²) < 4.78 is 48.7. The Morgan fingerprint density at radius 2 is 2.15 bits per heavy atom. The van der Waals surface area contributed by atoms with Crippen LogP contribution >= 0.6 is 22.9 Å². The third-order valence-electron chi connectivity index (χ3n) is 6.23. The van der Waals surface area contributed by atoms with Crippen LogP contribution in [0.4, 0.5) is 13.2 Å². The monoisotopic (exact) mass is 582 g/mol. The number of halogens is 4. The largest absolute Gasteiger partial charge is 0.478 e. The van der Waals surface area contributed by atoms with Crippen LogP contribution in [-0.4, -0.2) is 64.9 Å². The standard InChI is InChI=1S/C26H26ClF3N4O4S/c1-3-38-25(37)20-19(12-34-11-15(8-14(2)24(35)36)10-26(29,30)13-34)32-22(23-31-6-7-39-23)33-21(20)17-5-4-16(28)9-18(17)27/h4-9,15,21H,3,10-13H2,1-2H3,(H,32,33)(H,35,36)/b14-8+/t15?,21-/m0/s1. The number of aliphatic carboxylic acids is 1. The number of esters is 1. The van der Waals surface area contributed by atoms with Crippen LogP contribution in [0, 0.1) is 11.7 Å². The van der Waals surface area contributed by atoms with E-state index in [1.807, 2.05) is 0 Å². The Bertz CT molecular complexity index is 1350. The van der Waals surface area contributed by atoms with Gasteiger partial charge in [-0.3, -0.25) is 9.89 Å². The van der Waals surface area contributed by atoms with Gasteiger partial charge >= 0.3 is 11.9 Å². The molecular weight excluding hydrogens is 557 g/mol. The van der Waals surface area contributed by atoms with E-state index in [0.29, 0.717) is 16.4 Å². The first-order chi connectivity index (χ1) is 18.5. The summed E-state index contributed by atoms with van der Waals surface area (Å²) in [5.41, 5.74) is 0.614. The Morgan fingerprint density at radius 1 is 1.38 bits per heavy atom. The summed E-state index contributed by atoms with van der Waals surface area (Å²) in [5.74, 6) is -6.01. The zero-order valence-electron chi connectivity index (χ0n) is 21.1. The molecule has 2 aliphatic heterocycles. The quantitative estimate of drug-likeness (QED) is 0.339. The number of piperidine rings is 1. The molecular formula is C26H26ClF3N4O4S. The second-order valence-corrected chi connectivity index (χ2v) is 10.6. The van der Waals surface area contributed by atoms with Gasteiger partial charge in [0.05, 0.1) is 18.7 Å². The highest BCUT2D eigenvalue weighted by Crippen LogP contribution is 2.38. The number of nitrogens with one attached hydrogen (secondary N) is 1. The van der Waals surface area contributed by atoms with Gasteiger partial charge in [0.1, 0.15) is 11.9 Å². The highest BCUT2D eigenvalue weighted by atomic mass is 35.5. The van der Waals surface area contributed by atoms with Gasteiger partial charge in [-0.05, 0) is 31.9 Å². The summed E-state index contributed by atoms with van der Waals surface area (Å²) in [7, 11) is 0. The van der Waals surface area contributed by atoms with E-state index < -0.39 is 48.6 Å².